The number of esters is 2. The summed E-state index contributed by atoms with van der Waals surface area (Å²) in [6.45, 7) is 3.70. The molecule has 0 aromatic heterocycles. The monoisotopic (exact) mass is 396 g/mol. The fraction of sp³-hybridized carbons (Fsp3) is 0.526. The minimum absolute atomic E-state index is 0.153. The van der Waals surface area contributed by atoms with E-state index in [2.05, 4.69) is 0 Å². The summed E-state index contributed by atoms with van der Waals surface area (Å²) in [5, 5.41) is 0. The number of carbonyl (C=O) groups is 3. The van der Waals surface area contributed by atoms with Crippen molar-refractivity contribution in [2.45, 2.75) is 31.3 Å². The van der Waals surface area contributed by atoms with E-state index >= 15 is 0 Å². The highest BCUT2D eigenvalue weighted by atomic mass is 32.2. The molecule has 0 saturated carbocycles. The Labute approximate surface area is 162 Å². The molecular formula is C19H24O5S2. The van der Waals surface area contributed by atoms with Gasteiger partial charge in [0.1, 0.15) is 5.92 Å². The van der Waals surface area contributed by atoms with Crippen LogP contribution in [-0.4, -0.2) is 42.4 Å². The molecule has 1 heterocycles. The predicted octanol–water partition coefficient (Wildman–Crippen LogP) is 3.87. The van der Waals surface area contributed by atoms with Crippen molar-refractivity contribution in [2.24, 2.45) is 5.92 Å². The third kappa shape index (κ3) is 5.77. The van der Waals surface area contributed by atoms with Crippen LogP contribution in [-0.2, 0) is 19.1 Å². The predicted molar refractivity (Wildman–Crippen MR) is 104 cm³/mol. The van der Waals surface area contributed by atoms with E-state index in [0.717, 1.165) is 17.1 Å². The van der Waals surface area contributed by atoms with Crippen molar-refractivity contribution in [3.8, 4) is 0 Å². The van der Waals surface area contributed by atoms with Crippen LogP contribution in [0.3, 0.4) is 0 Å². The summed E-state index contributed by atoms with van der Waals surface area (Å²) in [4.78, 5) is 36.7. The Morgan fingerprint density at radius 1 is 1.04 bits per heavy atom. The van der Waals surface area contributed by atoms with Gasteiger partial charge in [0.25, 0.3) is 0 Å². The highest BCUT2D eigenvalue weighted by Crippen LogP contribution is 2.43. The number of thioether (sulfide) groups is 2. The van der Waals surface area contributed by atoms with Crippen molar-refractivity contribution in [3.05, 3.63) is 35.4 Å². The van der Waals surface area contributed by atoms with Gasteiger partial charge in [0.05, 0.1) is 24.2 Å². The molecular weight excluding hydrogens is 372 g/mol. The fourth-order valence-corrected chi connectivity index (χ4v) is 5.49. The summed E-state index contributed by atoms with van der Waals surface area (Å²) in [5.41, 5.74) is 1.57. The summed E-state index contributed by atoms with van der Waals surface area (Å²) in [6, 6.07) is 7.31. The number of Topliss-reactive ketones (excluding diaryl/α,β-unsaturated/α-hetero) is 1. The van der Waals surface area contributed by atoms with Crippen molar-refractivity contribution in [1.82, 2.24) is 0 Å². The van der Waals surface area contributed by atoms with Crippen molar-refractivity contribution in [1.29, 1.82) is 0 Å². The maximum Gasteiger partial charge on any atom is 0.317 e. The lowest BCUT2D eigenvalue weighted by atomic mass is 9.94. The Balaban J connectivity index is 2.12. The summed E-state index contributed by atoms with van der Waals surface area (Å²) in [7, 11) is 0. The summed E-state index contributed by atoms with van der Waals surface area (Å²) < 4.78 is 10.2. The molecule has 1 aromatic rings. The Morgan fingerprint density at radius 3 is 2.23 bits per heavy atom. The minimum atomic E-state index is -1.17. The average molecular weight is 397 g/mol. The second-order valence-corrected chi connectivity index (χ2v) is 8.45. The molecule has 1 aliphatic heterocycles. The molecule has 142 valence electrons. The van der Waals surface area contributed by atoms with Gasteiger partial charge in [-0.2, -0.15) is 0 Å². The summed E-state index contributed by atoms with van der Waals surface area (Å²) in [5.74, 6) is -0.560. The largest absolute Gasteiger partial charge is 0.466 e. The van der Waals surface area contributed by atoms with E-state index in [9.17, 15) is 14.4 Å². The molecule has 0 spiro atoms. The quantitative estimate of drug-likeness (QED) is 0.375. The topological polar surface area (TPSA) is 69.7 Å². The number of hydrogen-bond donors (Lipinski definition) is 0. The Morgan fingerprint density at radius 2 is 1.65 bits per heavy atom. The zero-order chi connectivity index (χ0) is 18.9. The van der Waals surface area contributed by atoms with Crippen LogP contribution in [0.15, 0.2) is 24.3 Å². The Kier molecular flexibility index (Phi) is 8.51. The van der Waals surface area contributed by atoms with E-state index in [1.165, 1.54) is 6.42 Å². The van der Waals surface area contributed by atoms with Crippen LogP contribution in [0.25, 0.3) is 0 Å². The Bertz CT molecular complexity index is 623. The van der Waals surface area contributed by atoms with Crippen molar-refractivity contribution in [2.75, 3.05) is 24.7 Å². The number of carbonyl (C=O) groups excluding carboxylic acids is 3. The van der Waals surface area contributed by atoms with E-state index in [1.54, 1.807) is 26.0 Å². The van der Waals surface area contributed by atoms with Crippen LogP contribution in [0.5, 0.6) is 0 Å². The van der Waals surface area contributed by atoms with Crippen LogP contribution in [0.2, 0.25) is 0 Å². The van der Waals surface area contributed by atoms with E-state index in [-0.39, 0.29) is 19.6 Å². The van der Waals surface area contributed by atoms with Gasteiger partial charge in [-0.3, -0.25) is 14.4 Å². The van der Waals surface area contributed by atoms with Crippen LogP contribution in [0, 0.1) is 5.92 Å². The lowest BCUT2D eigenvalue weighted by Gasteiger charge is -2.21. The van der Waals surface area contributed by atoms with Crippen LogP contribution >= 0.6 is 23.5 Å². The maximum absolute atomic E-state index is 12.8. The molecule has 1 fully saturated rings. The fourth-order valence-electron chi connectivity index (χ4n) is 2.60. The normalized spacial score (nSPS) is 15.9. The standard InChI is InChI=1S/C19H24O5S2/c1-3-23-16(20)12-15(18(22)24-4-2)17(21)13-6-8-14(9-7-13)19-25-10-5-11-26-19/h6-9,15,19H,3-5,10-12H2,1-2H3. The van der Waals surface area contributed by atoms with Crippen LogP contribution in [0.4, 0.5) is 0 Å². The van der Waals surface area contributed by atoms with E-state index in [4.69, 9.17) is 9.47 Å². The molecule has 7 heteroatoms. The van der Waals surface area contributed by atoms with E-state index in [1.807, 2.05) is 35.7 Å². The van der Waals surface area contributed by atoms with Gasteiger partial charge in [-0.15, -0.1) is 23.5 Å². The van der Waals surface area contributed by atoms with E-state index in [0.29, 0.717) is 10.1 Å². The molecule has 1 aromatic carbocycles. The van der Waals surface area contributed by atoms with Gasteiger partial charge in [0.15, 0.2) is 5.78 Å². The minimum Gasteiger partial charge on any atom is -0.466 e. The van der Waals surface area contributed by atoms with Gasteiger partial charge < -0.3 is 9.47 Å². The number of ether oxygens (including phenoxy) is 2. The van der Waals surface area contributed by atoms with Crippen molar-refractivity contribution >= 4 is 41.2 Å². The number of rotatable bonds is 8. The molecule has 0 aliphatic carbocycles. The zero-order valence-electron chi connectivity index (χ0n) is 15.1. The third-order valence-corrected chi connectivity index (χ3v) is 6.87. The van der Waals surface area contributed by atoms with E-state index < -0.39 is 23.6 Å². The van der Waals surface area contributed by atoms with Crippen LogP contribution in [0.1, 0.15) is 47.2 Å². The molecule has 5 nitrogen and oxygen atoms in total. The molecule has 0 N–H and O–H groups in total. The average Bonchev–Trinajstić information content (AvgIpc) is 2.67. The first kappa shape index (κ1) is 20.8. The van der Waals surface area contributed by atoms with Crippen LogP contribution < -0.4 is 0 Å². The molecule has 2 rings (SSSR count). The molecule has 0 bridgehead atoms. The van der Waals surface area contributed by atoms with Gasteiger partial charge in [-0.05, 0) is 37.3 Å². The first-order valence-corrected chi connectivity index (χ1v) is 10.9. The smallest absolute Gasteiger partial charge is 0.317 e. The van der Waals surface area contributed by atoms with Crippen molar-refractivity contribution < 1.29 is 23.9 Å². The first-order chi connectivity index (χ1) is 12.6. The number of ketones is 1. The molecule has 1 aliphatic rings. The second-order valence-electron chi connectivity index (χ2n) is 5.73. The second kappa shape index (κ2) is 10.6. The van der Waals surface area contributed by atoms with Gasteiger partial charge in [-0.25, -0.2) is 0 Å². The summed E-state index contributed by atoms with van der Waals surface area (Å²) in [6.07, 6.45) is 0.916. The van der Waals surface area contributed by atoms with Crippen molar-refractivity contribution in [3.63, 3.8) is 0 Å². The van der Waals surface area contributed by atoms with Gasteiger partial charge >= 0.3 is 11.9 Å². The lowest BCUT2D eigenvalue weighted by molar-refractivity contribution is -0.152. The molecule has 1 atom stereocenters. The SMILES string of the molecule is CCOC(=O)CC(C(=O)OCC)C(=O)c1ccc(C2SCCCS2)cc1. The molecule has 0 radical (unpaired) electrons. The molecule has 0 amide bonds. The Hall–Kier alpha value is -1.47. The molecule has 26 heavy (non-hydrogen) atoms. The zero-order valence-corrected chi connectivity index (χ0v) is 16.7. The van der Waals surface area contributed by atoms with Gasteiger partial charge in [0, 0.05) is 5.56 Å². The maximum atomic E-state index is 12.8. The summed E-state index contributed by atoms with van der Waals surface area (Å²) >= 11 is 3.81. The van der Waals surface area contributed by atoms with Gasteiger partial charge in [0.2, 0.25) is 0 Å². The molecule has 1 saturated heterocycles. The first-order valence-electron chi connectivity index (χ1n) is 8.76. The van der Waals surface area contributed by atoms with Gasteiger partial charge in [-0.1, -0.05) is 24.3 Å². The number of benzene rings is 1. The lowest BCUT2D eigenvalue weighted by Crippen LogP contribution is -2.29. The highest BCUT2D eigenvalue weighted by molar-refractivity contribution is 8.16. The third-order valence-electron chi connectivity index (χ3n) is 3.86. The molecule has 1 unspecified atom stereocenters. The highest BCUT2D eigenvalue weighted by Gasteiger charge is 2.32. The number of hydrogen-bond acceptors (Lipinski definition) is 7.